The van der Waals surface area contributed by atoms with Crippen molar-refractivity contribution in [3.63, 3.8) is 0 Å². The molecule has 0 aliphatic carbocycles. The van der Waals surface area contributed by atoms with E-state index in [2.05, 4.69) is 28.1 Å². The molecule has 0 aliphatic rings. The van der Waals surface area contributed by atoms with Gasteiger partial charge in [0.1, 0.15) is 5.82 Å². The number of likely N-dealkylation sites (N-methyl/N-ethyl adjacent to an activating group) is 1. The first-order valence-corrected chi connectivity index (χ1v) is 5.61. The topological polar surface area (TPSA) is 46.3 Å². The highest BCUT2D eigenvalue weighted by Crippen LogP contribution is 2.19. The van der Waals surface area contributed by atoms with E-state index in [0.29, 0.717) is 0 Å². The maximum absolute atomic E-state index is 13.6. The summed E-state index contributed by atoms with van der Waals surface area (Å²) in [5.74, 6) is -1.03. The highest BCUT2D eigenvalue weighted by molar-refractivity contribution is 9.10. The zero-order valence-corrected chi connectivity index (χ0v) is 10.9. The zero-order chi connectivity index (χ0) is 12.3. The molecular weight excluding hydrogens is 295 g/mol. The third kappa shape index (κ3) is 2.99. The minimum Gasteiger partial charge on any atom is -0.392 e. The molecule has 0 heterocycles. The number of rotatable bonds is 3. The van der Waals surface area contributed by atoms with Crippen molar-refractivity contribution in [1.82, 2.24) is 4.90 Å². The van der Waals surface area contributed by atoms with Crippen molar-refractivity contribution >= 4 is 39.0 Å². The fraction of sp³-hybridized carbons (Fsp3) is 0.200. The van der Waals surface area contributed by atoms with Gasteiger partial charge in [0.15, 0.2) is 0 Å². The van der Waals surface area contributed by atoms with Gasteiger partial charge in [-0.1, -0.05) is 18.3 Å². The number of nitrogens with two attached hydrogens (primary N) is 1. The number of thiocarbonyl (C=S) groups is 1. The quantitative estimate of drug-likeness (QED) is 0.868. The van der Waals surface area contributed by atoms with E-state index in [-0.39, 0.29) is 21.6 Å². The third-order valence-corrected chi connectivity index (χ3v) is 2.66. The summed E-state index contributed by atoms with van der Waals surface area (Å²) in [6, 6.07) is 4.53. The molecule has 0 unspecified atom stereocenters. The van der Waals surface area contributed by atoms with Crippen LogP contribution in [0.25, 0.3) is 0 Å². The molecule has 16 heavy (non-hydrogen) atoms. The van der Waals surface area contributed by atoms with Gasteiger partial charge < -0.3 is 10.6 Å². The standard InChI is InChI=1S/C10H10BrFN2OS/c1-14(5-8(13)16)10(15)6-3-2-4-7(11)9(6)12/h2-4H,5H2,1H3,(H2,13,16). The lowest BCUT2D eigenvalue weighted by Gasteiger charge is -2.16. The van der Waals surface area contributed by atoms with Gasteiger partial charge in [0.05, 0.1) is 21.6 Å². The molecule has 86 valence electrons. The minimum absolute atomic E-state index is 0.00637. The Hall–Kier alpha value is -1.01. The molecule has 0 saturated heterocycles. The summed E-state index contributed by atoms with van der Waals surface area (Å²) >= 11 is 7.70. The molecule has 0 aromatic heterocycles. The smallest absolute Gasteiger partial charge is 0.256 e. The second kappa shape index (κ2) is 5.36. The van der Waals surface area contributed by atoms with Crippen LogP contribution < -0.4 is 5.73 Å². The lowest BCUT2D eigenvalue weighted by molar-refractivity contribution is 0.0810. The fourth-order valence-corrected chi connectivity index (χ4v) is 1.74. The van der Waals surface area contributed by atoms with Crippen LogP contribution in [0.4, 0.5) is 4.39 Å². The minimum atomic E-state index is -0.581. The van der Waals surface area contributed by atoms with Gasteiger partial charge in [-0.2, -0.15) is 0 Å². The van der Waals surface area contributed by atoms with Gasteiger partial charge in [-0.25, -0.2) is 4.39 Å². The van der Waals surface area contributed by atoms with Crippen LogP contribution in [0, 0.1) is 5.82 Å². The molecule has 0 bridgehead atoms. The van der Waals surface area contributed by atoms with Crippen molar-refractivity contribution in [3.05, 3.63) is 34.1 Å². The van der Waals surface area contributed by atoms with Crippen molar-refractivity contribution in [2.24, 2.45) is 5.73 Å². The molecule has 0 saturated carbocycles. The monoisotopic (exact) mass is 304 g/mol. The van der Waals surface area contributed by atoms with Crippen molar-refractivity contribution in [2.45, 2.75) is 0 Å². The first-order chi connectivity index (χ1) is 7.43. The second-order valence-electron chi connectivity index (χ2n) is 3.23. The average Bonchev–Trinajstić information content (AvgIpc) is 2.20. The molecular formula is C10H10BrFN2OS. The van der Waals surface area contributed by atoms with Gasteiger partial charge in [0, 0.05) is 7.05 Å². The van der Waals surface area contributed by atoms with E-state index in [9.17, 15) is 9.18 Å². The number of carbonyl (C=O) groups excluding carboxylic acids is 1. The highest BCUT2D eigenvalue weighted by Gasteiger charge is 2.17. The van der Waals surface area contributed by atoms with Gasteiger partial charge in [0.2, 0.25) is 0 Å². The van der Waals surface area contributed by atoms with E-state index >= 15 is 0 Å². The molecule has 1 aromatic carbocycles. The van der Waals surface area contributed by atoms with Crippen molar-refractivity contribution in [2.75, 3.05) is 13.6 Å². The summed E-state index contributed by atoms with van der Waals surface area (Å²) in [5, 5.41) is 0. The normalized spacial score (nSPS) is 9.94. The van der Waals surface area contributed by atoms with Gasteiger partial charge in [-0.15, -0.1) is 0 Å². The number of carbonyl (C=O) groups is 1. The SMILES string of the molecule is CN(CC(N)=S)C(=O)c1cccc(Br)c1F. The Balaban J connectivity index is 2.96. The van der Waals surface area contributed by atoms with E-state index in [1.54, 1.807) is 6.07 Å². The number of hydrogen-bond acceptors (Lipinski definition) is 2. The summed E-state index contributed by atoms with van der Waals surface area (Å²) in [4.78, 5) is 13.3. The van der Waals surface area contributed by atoms with E-state index in [1.807, 2.05) is 0 Å². The average molecular weight is 305 g/mol. The van der Waals surface area contributed by atoms with Crippen molar-refractivity contribution < 1.29 is 9.18 Å². The largest absolute Gasteiger partial charge is 0.392 e. The van der Waals surface area contributed by atoms with Gasteiger partial charge >= 0.3 is 0 Å². The first kappa shape index (κ1) is 13.1. The van der Waals surface area contributed by atoms with Gasteiger partial charge in [-0.05, 0) is 28.1 Å². The lowest BCUT2D eigenvalue weighted by atomic mass is 10.2. The van der Waals surface area contributed by atoms with Gasteiger partial charge in [-0.3, -0.25) is 4.79 Å². The summed E-state index contributed by atoms with van der Waals surface area (Å²) < 4.78 is 13.8. The molecule has 6 heteroatoms. The van der Waals surface area contributed by atoms with Crippen LogP contribution in [0.15, 0.2) is 22.7 Å². The molecule has 0 radical (unpaired) electrons. The Bertz CT molecular complexity index is 439. The molecule has 2 N–H and O–H groups in total. The van der Waals surface area contributed by atoms with Crippen LogP contribution >= 0.6 is 28.1 Å². The van der Waals surface area contributed by atoms with Crippen LogP contribution in [0.1, 0.15) is 10.4 Å². The molecule has 0 atom stereocenters. The summed E-state index contributed by atoms with van der Waals surface area (Å²) in [6.45, 7) is 0.125. The molecule has 1 rings (SSSR count). The summed E-state index contributed by atoms with van der Waals surface area (Å²) in [6.07, 6.45) is 0. The molecule has 3 nitrogen and oxygen atoms in total. The van der Waals surface area contributed by atoms with E-state index < -0.39 is 11.7 Å². The first-order valence-electron chi connectivity index (χ1n) is 4.41. The summed E-state index contributed by atoms with van der Waals surface area (Å²) in [7, 11) is 1.52. The highest BCUT2D eigenvalue weighted by atomic mass is 79.9. The van der Waals surface area contributed by atoms with Crippen LogP contribution in [-0.2, 0) is 0 Å². The Kier molecular flexibility index (Phi) is 4.37. The molecule has 0 spiro atoms. The maximum atomic E-state index is 13.6. The number of amides is 1. The molecule has 0 fully saturated rings. The van der Waals surface area contributed by atoms with Crippen LogP contribution in [0.5, 0.6) is 0 Å². The second-order valence-corrected chi connectivity index (χ2v) is 4.61. The van der Waals surface area contributed by atoms with Crippen LogP contribution in [-0.4, -0.2) is 29.4 Å². The van der Waals surface area contributed by atoms with Crippen LogP contribution in [0.2, 0.25) is 0 Å². The van der Waals surface area contributed by atoms with Crippen molar-refractivity contribution in [1.29, 1.82) is 0 Å². The molecule has 1 amide bonds. The number of halogens is 2. The van der Waals surface area contributed by atoms with Crippen LogP contribution in [0.3, 0.4) is 0 Å². The van der Waals surface area contributed by atoms with E-state index in [0.717, 1.165) is 0 Å². The number of hydrogen-bond donors (Lipinski definition) is 1. The summed E-state index contributed by atoms with van der Waals surface area (Å²) in [5.41, 5.74) is 5.31. The molecule has 0 aliphatic heterocycles. The zero-order valence-electron chi connectivity index (χ0n) is 8.54. The maximum Gasteiger partial charge on any atom is 0.256 e. The Labute approximate surface area is 107 Å². The van der Waals surface area contributed by atoms with E-state index in [4.69, 9.17) is 5.73 Å². The van der Waals surface area contributed by atoms with Gasteiger partial charge in [0.25, 0.3) is 5.91 Å². The third-order valence-electron chi connectivity index (χ3n) is 1.92. The van der Waals surface area contributed by atoms with E-state index in [1.165, 1.54) is 24.1 Å². The predicted molar refractivity (Wildman–Crippen MR) is 67.8 cm³/mol. The number of nitrogens with zero attached hydrogens (tertiary/aromatic N) is 1. The predicted octanol–water partition coefficient (Wildman–Crippen LogP) is 1.95. The lowest BCUT2D eigenvalue weighted by Crippen LogP contribution is -2.34. The molecule has 1 aromatic rings. The fourth-order valence-electron chi connectivity index (χ4n) is 1.18. The van der Waals surface area contributed by atoms with Crippen molar-refractivity contribution in [3.8, 4) is 0 Å². The Morgan fingerprint density at radius 1 is 1.62 bits per heavy atom. The Morgan fingerprint density at radius 3 is 2.81 bits per heavy atom. The Morgan fingerprint density at radius 2 is 2.25 bits per heavy atom. The number of benzene rings is 1.